The van der Waals surface area contributed by atoms with Gasteiger partial charge in [0.1, 0.15) is 0 Å². The Labute approximate surface area is 111 Å². The van der Waals surface area contributed by atoms with Gasteiger partial charge in [-0.3, -0.25) is 4.79 Å². The predicted molar refractivity (Wildman–Crippen MR) is 72.5 cm³/mol. The van der Waals surface area contributed by atoms with Crippen molar-refractivity contribution in [2.45, 2.75) is 46.0 Å². The molecule has 0 aromatic carbocycles. The van der Waals surface area contributed by atoms with Crippen LogP contribution in [0.25, 0.3) is 0 Å². The number of hydrogen-bond acceptors (Lipinski definition) is 2. The average Bonchev–Trinajstić information content (AvgIpc) is 2.78. The Kier molecular flexibility index (Phi) is 4.66. The summed E-state index contributed by atoms with van der Waals surface area (Å²) in [5, 5.41) is 9.01. The van der Waals surface area contributed by atoms with Crippen LogP contribution in [0.5, 0.6) is 0 Å². The summed E-state index contributed by atoms with van der Waals surface area (Å²) in [4.78, 5) is 13.3. The first kappa shape index (κ1) is 13.9. The van der Waals surface area contributed by atoms with Gasteiger partial charge in [0.15, 0.2) is 0 Å². The van der Waals surface area contributed by atoms with Gasteiger partial charge in [-0.15, -0.1) is 0 Å². The minimum absolute atomic E-state index is 0.114. The molecule has 1 heterocycles. The van der Waals surface area contributed by atoms with E-state index in [1.54, 1.807) is 0 Å². The molecule has 1 N–H and O–H groups in total. The van der Waals surface area contributed by atoms with E-state index in [1.165, 1.54) is 25.7 Å². The molecular weight excluding hydrogens is 226 g/mol. The first-order valence-corrected chi connectivity index (χ1v) is 7.51. The third kappa shape index (κ3) is 3.47. The van der Waals surface area contributed by atoms with E-state index in [9.17, 15) is 4.79 Å². The van der Waals surface area contributed by atoms with Crippen LogP contribution in [0.2, 0.25) is 0 Å². The van der Waals surface area contributed by atoms with Gasteiger partial charge < -0.3 is 10.0 Å². The van der Waals surface area contributed by atoms with Gasteiger partial charge in [0.25, 0.3) is 0 Å². The van der Waals surface area contributed by atoms with Crippen LogP contribution >= 0.6 is 0 Å². The van der Waals surface area contributed by atoms with Crippen LogP contribution in [0.15, 0.2) is 0 Å². The number of carboxylic acids is 1. The van der Waals surface area contributed by atoms with Crippen molar-refractivity contribution in [2.24, 2.45) is 23.7 Å². The highest BCUT2D eigenvalue weighted by molar-refractivity contribution is 5.70. The average molecular weight is 253 g/mol. The van der Waals surface area contributed by atoms with E-state index in [1.807, 2.05) is 0 Å². The van der Waals surface area contributed by atoms with Crippen LogP contribution in [0.3, 0.4) is 0 Å². The second-order valence-corrected chi connectivity index (χ2v) is 6.61. The molecule has 1 atom stereocenters. The van der Waals surface area contributed by atoms with E-state index >= 15 is 0 Å². The maximum absolute atomic E-state index is 10.9. The molecule has 0 aromatic rings. The van der Waals surface area contributed by atoms with Gasteiger partial charge in [-0.05, 0) is 56.4 Å². The molecule has 2 fully saturated rings. The number of likely N-dealkylation sites (tertiary alicyclic amines) is 1. The zero-order chi connectivity index (χ0) is 13.1. The van der Waals surface area contributed by atoms with Gasteiger partial charge in [0.2, 0.25) is 0 Å². The Hall–Kier alpha value is -0.570. The molecule has 1 saturated carbocycles. The van der Waals surface area contributed by atoms with Gasteiger partial charge in [-0.1, -0.05) is 13.8 Å². The van der Waals surface area contributed by atoms with E-state index in [4.69, 9.17) is 5.11 Å². The van der Waals surface area contributed by atoms with Crippen molar-refractivity contribution in [2.75, 3.05) is 19.6 Å². The number of nitrogens with zero attached hydrogens (tertiary/aromatic N) is 1. The van der Waals surface area contributed by atoms with Crippen LogP contribution in [-0.4, -0.2) is 35.6 Å². The maximum atomic E-state index is 10.9. The zero-order valence-corrected chi connectivity index (χ0v) is 11.8. The molecule has 3 heteroatoms. The summed E-state index contributed by atoms with van der Waals surface area (Å²) in [6.45, 7) is 7.57. The molecule has 0 bridgehead atoms. The first-order valence-electron chi connectivity index (χ1n) is 7.51. The summed E-state index contributed by atoms with van der Waals surface area (Å²) in [5.41, 5.74) is 0. The van der Waals surface area contributed by atoms with Gasteiger partial charge >= 0.3 is 5.97 Å². The van der Waals surface area contributed by atoms with Crippen molar-refractivity contribution >= 4 is 5.97 Å². The summed E-state index contributed by atoms with van der Waals surface area (Å²) in [6.07, 6.45) is 6.28. The maximum Gasteiger partial charge on any atom is 0.307 e. The molecule has 1 aliphatic carbocycles. The Morgan fingerprint density at radius 3 is 2.39 bits per heavy atom. The van der Waals surface area contributed by atoms with E-state index < -0.39 is 5.97 Å². The number of carboxylic acid groups (broad SMARTS) is 1. The Bertz CT molecular complexity index is 282. The molecule has 0 amide bonds. The monoisotopic (exact) mass is 253 g/mol. The lowest BCUT2D eigenvalue weighted by molar-refractivity contribution is -0.141. The summed E-state index contributed by atoms with van der Waals surface area (Å²) >= 11 is 0. The third-order valence-corrected chi connectivity index (χ3v) is 4.97. The Balaban J connectivity index is 1.71. The van der Waals surface area contributed by atoms with Crippen LogP contribution in [0.4, 0.5) is 0 Å². The fourth-order valence-corrected chi connectivity index (χ4v) is 3.60. The van der Waals surface area contributed by atoms with Crippen LogP contribution in [0.1, 0.15) is 46.0 Å². The normalized spacial score (nSPS) is 34.1. The molecule has 2 aliphatic rings. The first-order chi connectivity index (χ1) is 8.56. The van der Waals surface area contributed by atoms with Gasteiger partial charge in [0, 0.05) is 13.1 Å². The number of aliphatic carboxylic acids is 1. The molecule has 104 valence electrons. The fraction of sp³-hybridized carbons (Fsp3) is 0.933. The van der Waals surface area contributed by atoms with Crippen molar-refractivity contribution < 1.29 is 9.90 Å². The largest absolute Gasteiger partial charge is 0.481 e. The van der Waals surface area contributed by atoms with Crippen molar-refractivity contribution in [1.29, 1.82) is 0 Å². The minimum Gasteiger partial charge on any atom is -0.481 e. The molecule has 2 rings (SSSR count). The highest BCUT2D eigenvalue weighted by Gasteiger charge is 2.30. The lowest BCUT2D eigenvalue weighted by Gasteiger charge is -2.33. The van der Waals surface area contributed by atoms with Crippen molar-refractivity contribution in [3.8, 4) is 0 Å². The molecule has 3 nitrogen and oxygen atoms in total. The van der Waals surface area contributed by atoms with Crippen LogP contribution in [0, 0.1) is 23.7 Å². The highest BCUT2D eigenvalue weighted by Crippen LogP contribution is 2.34. The highest BCUT2D eigenvalue weighted by atomic mass is 16.4. The number of rotatable bonds is 4. The number of carbonyl (C=O) groups is 1. The molecule has 0 aromatic heterocycles. The van der Waals surface area contributed by atoms with Gasteiger partial charge in [-0.2, -0.15) is 0 Å². The van der Waals surface area contributed by atoms with Crippen molar-refractivity contribution in [3.63, 3.8) is 0 Å². The quantitative estimate of drug-likeness (QED) is 0.837. The molecule has 1 unspecified atom stereocenters. The van der Waals surface area contributed by atoms with Crippen LogP contribution < -0.4 is 0 Å². The lowest BCUT2D eigenvalue weighted by atomic mass is 9.77. The summed E-state index contributed by atoms with van der Waals surface area (Å²) in [5.74, 6) is 1.84. The third-order valence-electron chi connectivity index (χ3n) is 4.97. The minimum atomic E-state index is -0.610. The Morgan fingerprint density at radius 1 is 1.22 bits per heavy atom. The van der Waals surface area contributed by atoms with E-state index in [2.05, 4.69) is 18.7 Å². The topological polar surface area (TPSA) is 40.5 Å². The van der Waals surface area contributed by atoms with E-state index in [0.717, 1.165) is 43.8 Å². The zero-order valence-electron chi connectivity index (χ0n) is 11.8. The second kappa shape index (κ2) is 6.05. The van der Waals surface area contributed by atoms with E-state index in [0.29, 0.717) is 0 Å². The summed E-state index contributed by atoms with van der Waals surface area (Å²) < 4.78 is 0. The van der Waals surface area contributed by atoms with Crippen molar-refractivity contribution in [1.82, 2.24) is 4.90 Å². The molecule has 18 heavy (non-hydrogen) atoms. The molecule has 1 aliphatic heterocycles. The molecule has 1 saturated heterocycles. The summed E-state index contributed by atoms with van der Waals surface area (Å²) in [7, 11) is 0. The predicted octanol–water partition coefficient (Wildman–Crippen LogP) is 2.86. The van der Waals surface area contributed by atoms with E-state index in [-0.39, 0.29) is 5.92 Å². The van der Waals surface area contributed by atoms with Crippen molar-refractivity contribution in [3.05, 3.63) is 0 Å². The Morgan fingerprint density at radius 2 is 1.89 bits per heavy atom. The molecule has 0 spiro atoms. The second-order valence-electron chi connectivity index (χ2n) is 6.61. The van der Waals surface area contributed by atoms with Crippen LogP contribution in [-0.2, 0) is 4.79 Å². The standard InChI is InChI=1S/C15H27NO2/c1-11(2)13-5-3-12(4-6-13)9-16-8-7-14(10-16)15(17)18/h11-14H,3-10H2,1-2H3,(H,17,18). The van der Waals surface area contributed by atoms with Gasteiger partial charge in [0.05, 0.1) is 5.92 Å². The smallest absolute Gasteiger partial charge is 0.307 e. The summed E-state index contributed by atoms with van der Waals surface area (Å²) in [6, 6.07) is 0. The molecule has 0 radical (unpaired) electrons. The molecular formula is C15H27NO2. The van der Waals surface area contributed by atoms with Gasteiger partial charge in [-0.25, -0.2) is 0 Å². The number of hydrogen-bond donors (Lipinski definition) is 1. The fourth-order valence-electron chi connectivity index (χ4n) is 3.60. The lowest BCUT2D eigenvalue weighted by Crippen LogP contribution is -2.31. The SMILES string of the molecule is CC(C)C1CCC(CN2CCC(C(=O)O)C2)CC1.